The lowest BCUT2D eigenvalue weighted by atomic mass is 9.91. The Hall–Kier alpha value is -3.21. The predicted octanol–water partition coefficient (Wildman–Crippen LogP) is 5.33. The number of nitrogens with zero attached hydrogens (tertiary/aromatic N) is 2. The van der Waals surface area contributed by atoms with E-state index in [0.29, 0.717) is 13.0 Å². The van der Waals surface area contributed by atoms with E-state index in [-0.39, 0.29) is 11.9 Å². The summed E-state index contributed by atoms with van der Waals surface area (Å²) in [6.45, 7) is 0.629. The molecule has 1 heterocycles. The molecular formula is C27H26N2O2. The van der Waals surface area contributed by atoms with Crippen LogP contribution in [0.3, 0.4) is 0 Å². The fourth-order valence-corrected chi connectivity index (χ4v) is 4.59. The zero-order chi connectivity index (χ0) is 21.4. The van der Waals surface area contributed by atoms with Crippen LogP contribution in [0.25, 0.3) is 21.5 Å². The summed E-state index contributed by atoms with van der Waals surface area (Å²) < 4.78 is 0. The van der Waals surface area contributed by atoms with E-state index in [2.05, 4.69) is 66.7 Å². The first kappa shape index (κ1) is 19.7. The van der Waals surface area contributed by atoms with Crippen molar-refractivity contribution < 1.29 is 9.63 Å². The number of amides is 1. The van der Waals surface area contributed by atoms with Crippen molar-refractivity contribution in [3.8, 4) is 0 Å². The van der Waals surface area contributed by atoms with Gasteiger partial charge < -0.3 is 4.90 Å². The van der Waals surface area contributed by atoms with Gasteiger partial charge in [0.2, 0.25) is 0 Å². The molecule has 0 N–H and O–H groups in total. The van der Waals surface area contributed by atoms with Crippen LogP contribution in [-0.4, -0.2) is 36.1 Å². The van der Waals surface area contributed by atoms with Crippen LogP contribution in [0, 0.1) is 0 Å². The molecule has 0 bridgehead atoms. The van der Waals surface area contributed by atoms with Crippen LogP contribution in [0.15, 0.2) is 84.9 Å². The molecule has 0 saturated carbocycles. The van der Waals surface area contributed by atoms with Gasteiger partial charge in [-0.1, -0.05) is 78.9 Å². The summed E-state index contributed by atoms with van der Waals surface area (Å²) in [5.74, 6) is 0.00524. The van der Waals surface area contributed by atoms with Gasteiger partial charge in [-0.15, -0.1) is 0 Å². The van der Waals surface area contributed by atoms with Crippen LogP contribution in [0.4, 0.5) is 0 Å². The minimum atomic E-state index is -0.478. The van der Waals surface area contributed by atoms with E-state index in [1.54, 1.807) is 19.0 Å². The quantitative estimate of drug-likeness (QED) is 0.427. The number of carbonyl (C=O) groups is 1. The third-order valence-electron chi connectivity index (χ3n) is 6.10. The maximum Gasteiger partial charge on any atom is 0.253 e. The Labute approximate surface area is 182 Å². The highest BCUT2D eigenvalue weighted by atomic mass is 16.7. The van der Waals surface area contributed by atoms with Crippen molar-refractivity contribution in [1.82, 2.24) is 9.96 Å². The molecule has 1 fully saturated rings. The van der Waals surface area contributed by atoms with Gasteiger partial charge in [0.05, 0.1) is 6.04 Å². The first-order chi connectivity index (χ1) is 15.1. The predicted molar refractivity (Wildman–Crippen MR) is 124 cm³/mol. The van der Waals surface area contributed by atoms with Gasteiger partial charge in [0.25, 0.3) is 5.91 Å². The normalized spacial score (nSPS) is 19.2. The summed E-state index contributed by atoms with van der Waals surface area (Å²) in [7, 11) is 3.57. The summed E-state index contributed by atoms with van der Waals surface area (Å²) in [5.41, 5.74) is 2.37. The Morgan fingerprint density at radius 2 is 1.55 bits per heavy atom. The lowest BCUT2D eigenvalue weighted by Gasteiger charge is -2.25. The van der Waals surface area contributed by atoms with Crippen molar-refractivity contribution >= 4 is 27.5 Å². The Kier molecular flexibility index (Phi) is 5.18. The fourth-order valence-electron chi connectivity index (χ4n) is 4.59. The SMILES string of the molecule is CN(C)C(=O)[C@H]1C[C@H](c2cc3ccccc3c3ccccc23)N(Cc2ccccc2)O1. The summed E-state index contributed by atoms with van der Waals surface area (Å²) >= 11 is 0. The van der Waals surface area contributed by atoms with Crippen molar-refractivity contribution in [3.05, 3.63) is 96.1 Å². The van der Waals surface area contributed by atoms with E-state index in [9.17, 15) is 4.79 Å². The van der Waals surface area contributed by atoms with Crippen molar-refractivity contribution in [3.63, 3.8) is 0 Å². The van der Waals surface area contributed by atoms with Gasteiger partial charge in [-0.3, -0.25) is 9.63 Å². The molecule has 4 aromatic rings. The van der Waals surface area contributed by atoms with Crippen molar-refractivity contribution in [2.45, 2.75) is 25.1 Å². The van der Waals surface area contributed by atoms with Crippen molar-refractivity contribution in [2.24, 2.45) is 0 Å². The van der Waals surface area contributed by atoms with Gasteiger partial charge in [0.15, 0.2) is 6.10 Å². The van der Waals surface area contributed by atoms with Crippen LogP contribution in [0.2, 0.25) is 0 Å². The number of carbonyl (C=O) groups excluding carboxylic acids is 1. The highest BCUT2D eigenvalue weighted by molar-refractivity contribution is 6.09. The maximum atomic E-state index is 12.8. The highest BCUT2D eigenvalue weighted by Gasteiger charge is 2.39. The second-order valence-electron chi connectivity index (χ2n) is 8.37. The molecule has 1 amide bonds. The van der Waals surface area contributed by atoms with E-state index >= 15 is 0 Å². The van der Waals surface area contributed by atoms with E-state index in [1.807, 2.05) is 23.3 Å². The smallest absolute Gasteiger partial charge is 0.253 e. The Bertz CT molecular complexity index is 1240. The second kappa shape index (κ2) is 8.14. The molecule has 0 aliphatic carbocycles. The molecule has 1 saturated heterocycles. The van der Waals surface area contributed by atoms with Gasteiger partial charge in [0.1, 0.15) is 0 Å². The molecular weight excluding hydrogens is 384 g/mol. The van der Waals surface area contributed by atoms with Gasteiger partial charge in [-0.2, -0.15) is 5.06 Å². The van der Waals surface area contributed by atoms with E-state index in [4.69, 9.17) is 4.84 Å². The molecule has 4 heteroatoms. The average molecular weight is 411 g/mol. The van der Waals surface area contributed by atoms with Crippen molar-refractivity contribution in [1.29, 1.82) is 0 Å². The van der Waals surface area contributed by atoms with E-state index in [0.717, 1.165) is 5.56 Å². The lowest BCUT2D eigenvalue weighted by Crippen LogP contribution is -2.34. The molecule has 0 radical (unpaired) electrons. The average Bonchev–Trinajstić information content (AvgIpc) is 3.22. The van der Waals surface area contributed by atoms with Gasteiger partial charge in [-0.05, 0) is 38.7 Å². The molecule has 156 valence electrons. The summed E-state index contributed by atoms with van der Waals surface area (Å²) in [6.07, 6.45) is 0.153. The number of benzene rings is 4. The topological polar surface area (TPSA) is 32.8 Å². The highest BCUT2D eigenvalue weighted by Crippen LogP contribution is 2.41. The first-order valence-electron chi connectivity index (χ1n) is 10.7. The molecule has 0 unspecified atom stereocenters. The number of hydrogen-bond acceptors (Lipinski definition) is 3. The Balaban J connectivity index is 1.63. The number of hydrogen-bond donors (Lipinski definition) is 0. The molecule has 1 aliphatic rings. The Morgan fingerprint density at radius 3 is 2.29 bits per heavy atom. The van der Waals surface area contributed by atoms with Gasteiger partial charge >= 0.3 is 0 Å². The molecule has 31 heavy (non-hydrogen) atoms. The van der Waals surface area contributed by atoms with E-state index < -0.39 is 6.10 Å². The first-order valence-corrected chi connectivity index (χ1v) is 10.7. The largest absolute Gasteiger partial charge is 0.346 e. The monoisotopic (exact) mass is 410 g/mol. The zero-order valence-corrected chi connectivity index (χ0v) is 17.9. The minimum Gasteiger partial charge on any atom is -0.346 e. The number of rotatable bonds is 4. The fraction of sp³-hybridized carbons (Fsp3) is 0.222. The van der Waals surface area contributed by atoms with Gasteiger partial charge in [-0.25, -0.2) is 0 Å². The Morgan fingerprint density at radius 1 is 0.903 bits per heavy atom. The van der Waals surface area contributed by atoms with Crippen molar-refractivity contribution in [2.75, 3.05) is 14.1 Å². The summed E-state index contributed by atoms with van der Waals surface area (Å²) in [5, 5.41) is 6.90. The lowest BCUT2D eigenvalue weighted by molar-refractivity contribution is -0.184. The van der Waals surface area contributed by atoms with Gasteiger partial charge in [0, 0.05) is 27.1 Å². The second-order valence-corrected chi connectivity index (χ2v) is 8.37. The summed E-state index contributed by atoms with van der Waals surface area (Å²) in [6, 6.07) is 29.6. The molecule has 4 aromatic carbocycles. The number of hydroxylamine groups is 2. The molecule has 4 nitrogen and oxygen atoms in total. The minimum absolute atomic E-state index is 0.00524. The molecule has 0 spiro atoms. The molecule has 1 aliphatic heterocycles. The van der Waals surface area contributed by atoms with Crippen LogP contribution in [-0.2, 0) is 16.2 Å². The standard InChI is InChI=1S/C27H26N2O2/c1-28(2)27(30)26-17-25(29(31-26)18-19-10-4-3-5-11-19)24-16-20-12-6-7-13-21(20)22-14-8-9-15-23(22)24/h3-16,25-26H,17-18H2,1-2H3/t25-,26-/m1/s1. The summed E-state index contributed by atoms with van der Waals surface area (Å²) in [4.78, 5) is 20.6. The number of likely N-dealkylation sites (N-methyl/N-ethyl adjacent to an activating group) is 1. The molecule has 0 aromatic heterocycles. The van der Waals surface area contributed by atoms with E-state index in [1.165, 1.54) is 27.1 Å². The molecule has 5 rings (SSSR count). The third kappa shape index (κ3) is 3.69. The van der Waals surface area contributed by atoms with Crippen LogP contribution >= 0.6 is 0 Å². The van der Waals surface area contributed by atoms with Crippen LogP contribution < -0.4 is 0 Å². The third-order valence-corrected chi connectivity index (χ3v) is 6.10. The maximum absolute atomic E-state index is 12.8. The molecule has 2 atom stereocenters. The number of fused-ring (bicyclic) bond motifs is 3. The van der Waals surface area contributed by atoms with Crippen LogP contribution in [0.5, 0.6) is 0 Å². The zero-order valence-electron chi connectivity index (χ0n) is 17.9. The van der Waals surface area contributed by atoms with Crippen LogP contribution in [0.1, 0.15) is 23.6 Å².